The fourth-order valence-corrected chi connectivity index (χ4v) is 5.68. The Morgan fingerprint density at radius 1 is 1.14 bits per heavy atom. The molecule has 1 fully saturated rings. The molecule has 11 nitrogen and oxygen atoms in total. The SMILES string of the molecule is CN1CCC2=C(C1)SC(C(=O)N[C@@H]1C[C@@H](C(N)=O)CC[C@@H]1NC(=O)C(=O)Nc1ccc(Cl)cn1)=NC2. The lowest BCUT2D eigenvalue weighted by molar-refractivity contribution is -0.137. The van der Waals surface area contributed by atoms with E-state index in [1.165, 1.54) is 35.7 Å². The molecule has 3 heterocycles. The summed E-state index contributed by atoms with van der Waals surface area (Å²) in [6, 6.07) is 1.85. The number of aliphatic imine (C=N–C) groups is 1. The average Bonchev–Trinajstić information content (AvgIpc) is 2.85. The number of nitrogens with zero attached hydrogens (tertiary/aromatic N) is 3. The van der Waals surface area contributed by atoms with E-state index in [1.54, 1.807) is 0 Å². The maximum absolute atomic E-state index is 13.1. The summed E-state index contributed by atoms with van der Waals surface area (Å²) in [5, 5.41) is 8.76. The monoisotopic (exact) mass is 533 g/mol. The first-order valence-corrected chi connectivity index (χ1v) is 12.8. The Hall–Kier alpha value is -2.96. The Morgan fingerprint density at radius 2 is 1.94 bits per heavy atom. The quantitative estimate of drug-likeness (QED) is 0.405. The number of anilines is 1. The van der Waals surface area contributed by atoms with Crippen LogP contribution in [0.5, 0.6) is 0 Å². The summed E-state index contributed by atoms with van der Waals surface area (Å²) in [6.07, 6.45) is 3.34. The number of hydrogen-bond acceptors (Lipinski definition) is 8. The van der Waals surface area contributed by atoms with Crippen LogP contribution >= 0.6 is 23.4 Å². The number of carbonyl (C=O) groups excluding carboxylic acids is 4. The van der Waals surface area contributed by atoms with E-state index in [2.05, 4.69) is 30.8 Å². The van der Waals surface area contributed by atoms with E-state index in [0.717, 1.165) is 24.4 Å². The van der Waals surface area contributed by atoms with Gasteiger partial charge in [0.25, 0.3) is 5.91 Å². The van der Waals surface area contributed by atoms with E-state index in [1.807, 2.05) is 7.05 Å². The van der Waals surface area contributed by atoms with Gasteiger partial charge in [0.05, 0.1) is 17.6 Å². The van der Waals surface area contributed by atoms with Crippen LogP contribution in [0.4, 0.5) is 5.82 Å². The highest BCUT2D eigenvalue weighted by Crippen LogP contribution is 2.32. The Bertz CT molecular complexity index is 1120. The molecule has 13 heteroatoms. The molecule has 3 aliphatic rings. The molecular formula is C23H28ClN7O4S. The van der Waals surface area contributed by atoms with Crippen molar-refractivity contribution in [3.05, 3.63) is 33.8 Å². The highest BCUT2D eigenvalue weighted by Gasteiger charge is 2.37. The van der Waals surface area contributed by atoms with Crippen LogP contribution in [-0.2, 0) is 19.2 Å². The van der Waals surface area contributed by atoms with Crippen molar-refractivity contribution in [2.45, 2.75) is 37.8 Å². The fourth-order valence-electron chi connectivity index (χ4n) is 4.46. The minimum absolute atomic E-state index is 0.177. The zero-order valence-electron chi connectivity index (χ0n) is 19.8. The second kappa shape index (κ2) is 11.4. The van der Waals surface area contributed by atoms with E-state index in [0.29, 0.717) is 29.5 Å². The molecule has 0 radical (unpaired) electrons. The second-order valence-corrected chi connectivity index (χ2v) is 10.6. The van der Waals surface area contributed by atoms with Crippen LogP contribution in [0.3, 0.4) is 0 Å². The third-order valence-electron chi connectivity index (χ3n) is 6.49. The van der Waals surface area contributed by atoms with Crippen molar-refractivity contribution in [3.8, 4) is 0 Å². The standard InChI is InChI=1S/C23H28ClN7O4S/c1-31-7-6-13-9-27-23(36-17(13)11-31)22(35)29-16-8-12(19(25)32)2-4-15(16)28-20(33)21(34)30-18-5-3-14(24)10-26-18/h3,5,10,12,15-16H,2,4,6-9,11H2,1H3,(H2,25,32)(H,28,33)(H,29,35)(H,26,30,34)/t12-,15-,16+/m0/s1. The molecule has 3 atom stereocenters. The number of pyridine rings is 1. The van der Waals surface area contributed by atoms with Crippen LogP contribution in [-0.4, -0.2) is 77.3 Å². The highest BCUT2D eigenvalue weighted by atomic mass is 35.5. The van der Waals surface area contributed by atoms with Gasteiger partial charge in [-0.1, -0.05) is 23.4 Å². The molecule has 0 bridgehead atoms. The average molecular weight is 534 g/mol. The van der Waals surface area contributed by atoms with Gasteiger partial charge in [0.1, 0.15) is 5.82 Å². The minimum Gasteiger partial charge on any atom is -0.369 e. The van der Waals surface area contributed by atoms with Crippen LogP contribution in [0.15, 0.2) is 33.8 Å². The van der Waals surface area contributed by atoms with Crippen molar-refractivity contribution in [2.75, 3.05) is 32.0 Å². The fraction of sp³-hybridized carbons (Fsp3) is 0.478. The van der Waals surface area contributed by atoms with Gasteiger partial charge in [-0.3, -0.25) is 24.2 Å². The van der Waals surface area contributed by atoms with E-state index < -0.39 is 35.7 Å². The zero-order chi connectivity index (χ0) is 25.8. The van der Waals surface area contributed by atoms with Crippen molar-refractivity contribution in [2.24, 2.45) is 16.6 Å². The Morgan fingerprint density at radius 3 is 2.67 bits per heavy atom. The Labute approximate surface area is 217 Å². The number of carbonyl (C=O) groups is 4. The van der Waals surface area contributed by atoms with Crippen LogP contribution in [0.1, 0.15) is 25.7 Å². The van der Waals surface area contributed by atoms with Crippen molar-refractivity contribution in [1.82, 2.24) is 20.5 Å². The zero-order valence-corrected chi connectivity index (χ0v) is 21.3. The lowest BCUT2D eigenvalue weighted by Gasteiger charge is -2.36. The number of hydrogen-bond donors (Lipinski definition) is 4. The summed E-state index contributed by atoms with van der Waals surface area (Å²) in [5.41, 5.74) is 6.78. The molecule has 1 aromatic heterocycles. The van der Waals surface area contributed by atoms with Gasteiger partial charge in [0, 0.05) is 36.2 Å². The maximum Gasteiger partial charge on any atom is 0.314 e. The molecule has 36 heavy (non-hydrogen) atoms. The first-order chi connectivity index (χ1) is 17.2. The van der Waals surface area contributed by atoms with E-state index >= 15 is 0 Å². The third kappa shape index (κ3) is 6.42. The lowest BCUT2D eigenvalue weighted by Crippen LogP contribution is -2.57. The number of nitrogens with two attached hydrogens (primary N) is 1. The summed E-state index contributed by atoms with van der Waals surface area (Å²) >= 11 is 7.15. The number of nitrogens with one attached hydrogen (secondary N) is 3. The van der Waals surface area contributed by atoms with E-state index in [9.17, 15) is 19.2 Å². The molecule has 0 spiro atoms. The van der Waals surface area contributed by atoms with Crippen molar-refractivity contribution >= 4 is 57.9 Å². The first-order valence-electron chi connectivity index (χ1n) is 11.6. The normalized spacial score (nSPS) is 24.3. The molecule has 4 rings (SSSR count). The summed E-state index contributed by atoms with van der Waals surface area (Å²) in [6.45, 7) is 2.23. The van der Waals surface area contributed by atoms with Gasteiger partial charge < -0.3 is 26.6 Å². The predicted molar refractivity (Wildman–Crippen MR) is 137 cm³/mol. The van der Waals surface area contributed by atoms with Crippen LogP contribution in [0.25, 0.3) is 0 Å². The number of halogens is 1. The smallest absolute Gasteiger partial charge is 0.314 e. The third-order valence-corrected chi connectivity index (χ3v) is 7.89. The number of likely N-dealkylation sites (N-methyl/N-ethyl adjacent to an activating group) is 1. The Balaban J connectivity index is 1.40. The van der Waals surface area contributed by atoms with E-state index in [4.69, 9.17) is 17.3 Å². The molecule has 0 saturated heterocycles. The number of primary amides is 1. The lowest BCUT2D eigenvalue weighted by atomic mass is 9.81. The molecule has 1 aliphatic carbocycles. The molecule has 0 aromatic carbocycles. The van der Waals surface area contributed by atoms with Crippen LogP contribution in [0.2, 0.25) is 5.02 Å². The Kier molecular flexibility index (Phi) is 8.27. The van der Waals surface area contributed by atoms with Gasteiger partial charge >= 0.3 is 11.8 Å². The van der Waals surface area contributed by atoms with Crippen molar-refractivity contribution in [3.63, 3.8) is 0 Å². The predicted octanol–water partition coefficient (Wildman–Crippen LogP) is 0.663. The summed E-state index contributed by atoms with van der Waals surface area (Å²) in [5.74, 6) is -2.88. The second-order valence-electron chi connectivity index (χ2n) is 9.13. The summed E-state index contributed by atoms with van der Waals surface area (Å²) in [7, 11) is 2.04. The summed E-state index contributed by atoms with van der Waals surface area (Å²) < 4.78 is 0. The van der Waals surface area contributed by atoms with Crippen molar-refractivity contribution in [1.29, 1.82) is 0 Å². The molecule has 0 unspecified atom stereocenters. The molecular weight excluding hydrogens is 506 g/mol. The van der Waals surface area contributed by atoms with Gasteiger partial charge in [-0.15, -0.1) is 0 Å². The van der Waals surface area contributed by atoms with Gasteiger partial charge in [-0.05, 0) is 50.4 Å². The van der Waals surface area contributed by atoms with Gasteiger partial charge in [-0.25, -0.2) is 4.98 Å². The number of thioether (sulfide) groups is 1. The highest BCUT2D eigenvalue weighted by molar-refractivity contribution is 8.19. The van der Waals surface area contributed by atoms with Gasteiger partial charge in [-0.2, -0.15) is 0 Å². The van der Waals surface area contributed by atoms with Gasteiger partial charge in [0.2, 0.25) is 5.91 Å². The largest absolute Gasteiger partial charge is 0.369 e. The topological polar surface area (TPSA) is 159 Å². The molecule has 4 amide bonds. The molecule has 1 saturated carbocycles. The summed E-state index contributed by atoms with van der Waals surface area (Å²) in [4.78, 5) is 61.7. The number of rotatable bonds is 5. The molecule has 192 valence electrons. The minimum atomic E-state index is -0.903. The maximum atomic E-state index is 13.1. The van der Waals surface area contributed by atoms with Crippen molar-refractivity contribution < 1.29 is 19.2 Å². The van der Waals surface area contributed by atoms with Crippen LogP contribution in [0, 0.1) is 5.92 Å². The molecule has 1 aromatic rings. The number of aromatic nitrogens is 1. The van der Waals surface area contributed by atoms with Gasteiger partial charge in [0.15, 0.2) is 5.04 Å². The van der Waals surface area contributed by atoms with Crippen LogP contribution < -0.4 is 21.7 Å². The number of amides is 4. The van der Waals surface area contributed by atoms with E-state index in [-0.39, 0.29) is 18.1 Å². The first kappa shape index (κ1) is 26.1. The molecule has 2 aliphatic heterocycles. The molecule has 5 N–H and O–H groups in total.